The Balaban J connectivity index is 1.68. The van der Waals surface area contributed by atoms with Gasteiger partial charge < -0.3 is 24.8 Å². The van der Waals surface area contributed by atoms with Crippen molar-refractivity contribution in [2.75, 3.05) is 26.1 Å². The highest BCUT2D eigenvalue weighted by atomic mass is 16.5. The van der Waals surface area contributed by atoms with E-state index >= 15 is 0 Å². The first-order chi connectivity index (χ1) is 14.8. The van der Waals surface area contributed by atoms with Gasteiger partial charge in [0.15, 0.2) is 11.5 Å². The maximum atomic E-state index is 12.0. The lowest BCUT2D eigenvalue weighted by Crippen LogP contribution is -2.31. The van der Waals surface area contributed by atoms with E-state index < -0.39 is 0 Å². The van der Waals surface area contributed by atoms with E-state index in [4.69, 9.17) is 14.2 Å². The number of urea groups is 1. The largest absolute Gasteiger partial charge is 0.493 e. The quantitative estimate of drug-likeness (QED) is 0.554. The molecule has 0 spiro atoms. The van der Waals surface area contributed by atoms with Gasteiger partial charge in [0, 0.05) is 18.3 Å². The molecular formula is C23H28N4O4. The van der Waals surface area contributed by atoms with Crippen molar-refractivity contribution in [2.45, 2.75) is 27.2 Å². The van der Waals surface area contributed by atoms with Crippen LogP contribution in [0, 0.1) is 5.41 Å². The summed E-state index contributed by atoms with van der Waals surface area (Å²) in [6, 6.07) is 10.4. The Morgan fingerprint density at radius 3 is 2.32 bits per heavy atom. The molecular weight excluding hydrogens is 396 g/mol. The predicted octanol–water partition coefficient (Wildman–Crippen LogP) is 5.00. The molecule has 0 atom stereocenters. The van der Waals surface area contributed by atoms with Crippen LogP contribution in [0.25, 0.3) is 10.9 Å². The van der Waals surface area contributed by atoms with Gasteiger partial charge in [-0.15, -0.1) is 0 Å². The zero-order valence-electron chi connectivity index (χ0n) is 18.5. The number of rotatable bonds is 7. The van der Waals surface area contributed by atoms with E-state index in [0.29, 0.717) is 46.3 Å². The van der Waals surface area contributed by atoms with Crippen LogP contribution in [0.15, 0.2) is 42.7 Å². The van der Waals surface area contributed by atoms with Gasteiger partial charge in [0.25, 0.3) is 0 Å². The second-order valence-electron chi connectivity index (χ2n) is 8.22. The normalized spacial score (nSPS) is 11.1. The van der Waals surface area contributed by atoms with Gasteiger partial charge in [-0.25, -0.2) is 14.8 Å². The Morgan fingerprint density at radius 1 is 1.00 bits per heavy atom. The first kappa shape index (κ1) is 22.1. The van der Waals surface area contributed by atoms with Crippen molar-refractivity contribution in [3.63, 3.8) is 0 Å². The highest BCUT2D eigenvalue weighted by molar-refractivity contribution is 5.89. The Morgan fingerprint density at radius 2 is 1.68 bits per heavy atom. The van der Waals surface area contributed by atoms with Gasteiger partial charge in [-0.1, -0.05) is 20.8 Å². The fourth-order valence-electron chi connectivity index (χ4n) is 2.89. The summed E-state index contributed by atoms with van der Waals surface area (Å²) in [5.41, 5.74) is 1.51. The van der Waals surface area contributed by atoms with Crippen molar-refractivity contribution < 1.29 is 19.0 Å². The number of anilines is 1. The van der Waals surface area contributed by atoms with Crippen LogP contribution in [0.2, 0.25) is 0 Å². The predicted molar refractivity (Wildman–Crippen MR) is 120 cm³/mol. The summed E-state index contributed by atoms with van der Waals surface area (Å²) in [4.78, 5) is 20.6. The lowest BCUT2D eigenvalue weighted by molar-refractivity contribution is 0.250. The van der Waals surface area contributed by atoms with Crippen molar-refractivity contribution in [2.24, 2.45) is 5.41 Å². The zero-order valence-corrected chi connectivity index (χ0v) is 18.5. The van der Waals surface area contributed by atoms with Gasteiger partial charge >= 0.3 is 6.03 Å². The Labute approximate surface area is 181 Å². The van der Waals surface area contributed by atoms with Crippen molar-refractivity contribution >= 4 is 22.6 Å². The molecule has 8 nitrogen and oxygen atoms in total. The lowest BCUT2D eigenvalue weighted by atomic mass is 9.92. The number of nitrogens with one attached hydrogen (secondary N) is 2. The molecule has 0 unspecified atom stereocenters. The first-order valence-corrected chi connectivity index (χ1v) is 9.98. The standard InChI is InChI=1S/C23H28N4O4/c1-23(2,3)10-11-24-22(28)27-15-6-8-16(9-7-15)31-21-17-12-19(29-4)20(30-5)13-18(17)25-14-26-21/h6-9,12-14H,10-11H2,1-5H3,(H2,24,27,28). The summed E-state index contributed by atoms with van der Waals surface area (Å²) in [6.45, 7) is 7.03. The summed E-state index contributed by atoms with van der Waals surface area (Å²) in [6.07, 6.45) is 2.33. The smallest absolute Gasteiger partial charge is 0.319 e. The highest BCUT2D eigenvalue weighted by Crippen LogP contribution is 2.35. The third-order valence-electron chi connectivity index (χ3n) is 4.59. The molecule has 31 heavy (non-hydrogen) atoms. The Bertz CT molecular complexity index is 1050. The van der Waals surface area contributed by atoms with Crippen molar-refractivity contribution in [3.8, 4) is 23.1 Å². The molecule has 0 saturated heterocycles. The van der Waals surface area contributed by atoms with E-state index in [-0.39, 0.29) is 11.4 Å². The van der Waals surface area contributed by atoms with E-state index in [9.17, 15) is 4.79 Å². The fourth-order valence-corrected chi connectivity index (χ4v) is 2.89. The second-order valence-corrected chi connectivity index (χ2v) is 8.22. The maximum absolute atomic E-state index is 12.0. The maximum Gasteiger partial charge on any atom is 0.319 e. The summed E-state index contributed by atoms with van der Waals surface area (Å²) >= 11 is 0. The highest BCUT2D eigenvalue weighted by Gasteiger charge is 2.13. The molecule has 0 aliphatic carbocycles. The van der Waals surface area contributed by atoms with E-state index in [2.05, 4.69) is 41.4 Å². The van der Waals surface area contributed by atoms with Gasteiger partial charge in [0.05, 0.1) is 25.1 Å². The molecule has 0 fully saturated rings. The summed E-state index contributed by atoms with van der Waals surface area (Å²) in [7, 11) is 3.14. The minimum absolute atomic E-state index is 0.173. The van der Waals surface area contributed by atoms with Crippen LogP contribution in [-0.2, 0) is 0 Å². The number of aromatic nitrogens is 2. The van der Waals surface area contributed by atoms with Crippen LogP contribution in [0.4, 0.5) is 10.5 Å². The number of methoxy groups -OCH3 is 2. The molecule has 164 valence electrons. The third kappa shape index (κ3) is 5.97. The van der Waals surface area contributed by atoms with Crippen molar-refractivity contribution in [1.29, 1.82) is 0 Å². The van der Waals surface area contributed by atoms with E-state index in [0.717, 1.165) is 6.42 Å². The van der Waals surface area contributed by atoms with Crippen LogP contribution in [0.1, 0.15) is 27.2 Å². The Hall–Kier alpha value is -3.55. The molecule has 1 aromatic heterocycles. The molecule has 0 saturated carbocycles. The number of benzene rings is 2. The van der Waals surface area contributed by atoms with Crippen LogP contribution >= 0.6 is 0 Å². The van der Waals surface area contributed by atoms with Crippen LogP contribution in [0.3, 0.4) is 0 Å². The van der Waals surface area contributed by atoms with Crippen molar-refractivity contribution in [1.82, 2.24) is 15.3 Å². The molecule has 2 amide bonds. The van der Waals surface area contributed by atoms with Gasteiger partial charge in [-0.05, 0) is 42.2 Å². The molecule has 2 aromatic carbocycles. The average Bonchev–Trinajstić information content (AvgIpc) is 2.73. The Kier molecular flexibility index (Phi) is 6.79. The number of ether oxygens (including phenoxy) is 3. The van der Waals surface area contributed by atoms with Gasteiger partial charge in [0.2, 0.25) is 5.88 Å². The van der Waals surface area contributed by atoms with Gasteiger partial charge in [0.1, 0.15) is 12.1 Å². The number of nitrogens with zero attached hydrogens (tertiary/aromatic N) is 2. The van der Waals surface area contributed by atoms with Crippen LogP contribution in [-0.4, -0.2) is 36.8 Å². The number of hydrogen-bond donors (Lipinski definition) is 2. The minimum atomic E-state index is -0.235. The van der Waals surface area contributed by atoms with Crippen LogP contribution < -0.4 is 24.8 Å². The van der Waals surface area contributed by atoms with E-state index in [1.165, 1.54) is 6.33 Å². The van der Waals surface area contributed by atoms with Gasteiger partial charge in [-0.2, -0.15) is 0 Å². The SMILES string of the molecule is COc1cc2ncnc(Oc3ccc(NC(=O)NCCC(C)(C)C)cc3)c2cc1OC. The number of fused-ring (bicyclic) bond motifs is 1. The first-order valence-electron chi connectivity index (χ1n) is 9.98. The molecule has 3 rings (SSSR count). The lowest BCUT2D eigenvalue weighted by Gasteiger charge is -2.18. The molecule has 0 aliphatic rings. The molecule has 0 radical (unpaired) electrons. The molecule has 0 bridgehead atoms. The summed E-state index contributed by atoms with van der Waals surface area (Å²) < 4.78 is 16.6. The fraction of sp³-hybridized carbons (Fsp3) is 0.348. The van der Waals surface area contributed by atoms with E-state index in [1.807, 2.05) is 0 Å². The average molecular weight is 425 g/mol. The molecule has 1 heterocycles. The number of amides is 2. The molecule has 0 aliphatic heterocycles. The summed E-state index contributed by atoms with van der Waals surface area (Å²) in [5.74, 6) is 2.11. The van der Waals surface area contributed by atoms with Crippen LogP contribution in [0.5, 0.6) is 23.1 Å². The molecule has 2 N–H and O–H groups in total. The topological polar surface area (TPSA) is 94.6 Å². The van der Waals surface area contributed by atoms with Crippen molar-refractivity contribution in [3.05, 3.63) is 42.7 Å². The third-order valence-corrected chi connectivity index (χ3v) is 4.59. The zero-order chi connectivity index (χ0) is 22.4. The monoisotopic (exact) mass is 424 g/mol. The minimum Gasteiger partial charge on any atom is -0.493 e. The summed E-state index contributed by atoms with van der Waals surface area (Å²) in [5, 5.41) is 6.37. The molecule has 3 aromatic rings. The second kappa shape index (κ2) is 9.51. The van der Waals surface area contributed by atoms with Gasteiger partial charge in [-0.3, -0.25) is 0 Å². The molecule has 8 heteroatoms. The number of carbonyl (C=O) groups excluding carboxylic acids is 1. The van der Waals surface area contributed by atoms with E-state index in [1.54, 1.807) is 50.6 Å². The number of hydrogen-bond acceptors (Lipinski definition) is 6. The number of carbonyl (C=O) groups is 1.